The minimum absolute atomic E-state index is 0.139. The van der Waals surface area contributed by atoms with E-state index in [1.807, 2.05) is 54.6 Å². The summed E-state index contributed by atoms with van der Waals surface area (Å²) in [7, 11) is 0. The van der Waals surface area contributed by atoms with Gasteiger partial charge in [-0.3, -0.25) is 4.79 Å². The average Bonchev–Trinajstić information content (AvgIpc) is 2.73. The molecule has 3 aromatic carbocycles. The lowest BCUT2D eigenvalue weighted by Crippen LogP contribution is -2.39. The van der Waals surface area contributed by atoms with Crippen molar-refractivity contribution in [3.05, 3.63) is 101 Å². The maximum Gasteiger partial charge on any atom is 0.261 e. The predicted octanol–water partition coefficient (Wildman–Crippen LogP) is 5.23. The molecule has 0 saturated heterocycles. The third-order valence-corrected chi connectivity index (χ3v) is 4.86. The molecule has 1 N–H and O–H groups in total. The van der Waals surface area contributed by atoms with E-state index in [9.17, 15) is 4.79 Å². The fourth-order valence-electron chi connectivity index (χ4n) is 3.18. The SMILES string of the molecule is CCc1ccccc1O[C@H](C)C(=O)N[C@@H](c1ccccc1)c1ccc(C)cc1. The fourth-order valence-corrected chi connectivity index (χ4v) is 3.18. The number of hydrogen-bond donors (Lipinski definition) is 1. The molecule has 28 heavy (non-hydrogen) atoms. The number of hydrogen-bond acceptors (Lipinski definition) is 2. The molecule has 1 amide bonds. The zero-order valence-electron chi connectivity index (χ0n) is 16.7. The van der Waals surface area contributed by atoms with Crippen LogP contribution in [0.3, 0.4) is 0 Å². The van der Waals surface area contributed by atoms with E-state index in [0.29, 0.717) is 0 Å². The number of amides is 1. The highest BCUT2D eigenvalue weighted by molar-refractivity contribution is 5.81. The lowest BCUT2D eigenvalue weighted by molar-refractivity contribution is -0.127. The van der Waals surface area contributed by atoms with E-state index >= 15 is 0 Å². The number of aryl methyl sites for hydroxylation is 2. The minimum atomic E-state index is -0.593. The van der Waals surface area contributed by atoms with Gasteiger partial charge in [-0.25, -0.2) is 0 Å². The molecule has 0 aromatic heterocycles. The predicted molar refractivity (Wildman–Crippen MR) is 114 cm³/mol. The number of ether oxygens (including phenoxy) is 1. The molecular formula is C25H27NO2. The monoisotopic (exact) mass is 373 g/mol. The lowest BCUT2D eigenvalue weighted by Gasteiger charge is -2.23. The van der Waals surface area contributed by atoms with E-state index < -0.39 is 6.10 Å². The van der Waals surface area contributed by atoms with Crippen molar-refractivity contribution in [3.8, 4) is 5.75 Å². The Labute approximate surface area is 167 Å². The van der Waals surface area contributed by atoms with Crippen LogP contribution in [-0.2, 0) is 11.2 Å². The molecule has 3 rings (SSSR count). The topological polar surface area (TPSA) is 38.3 Å². The summed E-state index contributed by atoms with van der Waals surface area (Å²) in [5.74, 6) is 0.625. The molecule has 3 heteroatoms. The first-order valence-corrected chi connectivity index (χ1v) is 9.75. The Morgan fingerprint density at radius 2 is 1.50 bits per heavy atom. The highest BCUT2D eigenvalue weighted by atomic mass is 16.5. The summed E-state index contributed by atoms with van der Waals surface area (Å²) < 4.78 is 5.98. The van der Waals surface area contributed by atoms with Crippen molar-refractivity contribution in [1.82, 2.24) is 5.32 Å². The van der Waals surface area contributed by atoms with Crippen molar-refractivity contribution >= 4 is 5.91 Å². The first-order chi connectivity index (χ1) is 13.6. The Morgan fingerprint density at radius 1 is 0.893 bits per heavy atom. The standard InChI is InChI=1S/C25H27NO2/c1-4-20-10-8-9-13-23(20)28-19(3)25(27)26-24(21-11-6-5-7-12-21)22-16-14-18(2)15-17-22/h5-17,19,24H,4H2,1-3H3,(H,26,27)/t19-,24+/m1/s1. The summed E-state index contributed by atoms with van der Waals surface area (Å²) in [4.78, 5) is 12.9. The van der Waals surface area contributed by atoms with Crippen molar-refractivity contribution < 1.29 is 9.53 Å². The second-order valence-corrected chi connectivity index (χ2v) is 6.98. The molecule has 0 unspecified atom stereocenters. The van der Waals surface area contributed by atoms with Gasteiger partial charge in [0.05, 0.1) is 6.04 Å². The average molecular weight is 373 g/mol. The first kappa shape index (κ1) is 19.7. The third-order valence-electron chi connectivity index (χ3n) is 4.86. The summed E-state index contributed by atoms with van der Waals surface area (Å²) in [5, 5.41) is 3.16. The van der Waals surface area contributed by atoms with Gasteiger partial charge >= 0.3 is 0 Å². The van der Waals surface area contributed by atoms with E-state index in [1.165, 1.54) is 5.56 Å². The molecule has 0 heterocycles. The number of benzene rings is 3. The molecule has 0 saturated carbocycles. The van der Waals surface area contributed by atoms with Gasteiger partial charge in [-0.15, -0.1) is 0 Å². The molecule has 0 bridgehead atoms. The second kappa shape index (κ2) is 9.23. The lowest BCUT2D eigenvalue weighted by atomic mass is 9.97. The van der Waals surface area contributed by atoms with Crippen LogP contribution in [0.5, 0.6) is 5.75 Å². The number of carbonyl (C=O) groups is 1. The third kappa shape index (κ3) is 4.80. The van der Waals surface area contributed by atoms with E-state index in [4.69, 9.17) is 4.74 Å². The largest absolute Gasteiger partial charge is 0.481 e. The van der Waals surface area contributed by atoms with Gasteiger partial charge in [0.25, 0.3) is 5.91 Å². The highest BCUT2D eigenvalue weighted by Crippen LogP contribution is 2.24. The van der Waals surface area contributed by atoms with E-state index in [-0.39, 0.29) is 11.9 Å². The molecule has 0 aliphatic carbocycles. The zero-order chi connectivity index (χ0) is 19.9. The fraction of sp³-hybridized carbons (Fsp3) is 0.240. The van der Waals surface area contributed by atoms with Gasteiger partial charge in [0, 0.05) is 0 Å². The molecule has 144 valence electrons. The van der Waals surface area contributed by atoms with Crippen LogP contribution >= 0.6 is 0 Å². The molecule has 3 nitrogen and oxygen atoms in total. The Bertz CT molecular complexity index is 903. The van der Waals surface area contributed by atoms with Crippen LogP contribution < -0.4 is 10.1 Å². The molecule has 2 atom stereocenters. The molecule has 0 spiro atoms. The van der Waals surface area contributed by atoms with Gasteiger partial charge in [0.15, 0.2) is 6.10 Å². The Morgan fingerprint density at radius 3 is 2.18 bits per heavy atom. The first-order valence-electron chi connectivity index (χ1n) is 9.75. The van der Waals surface area contributed by atoms with E-state index in [0.717, 1.165) is 28.9 Å². The molecule has 0 aliphatic heterocycles. The van der Waals surface area contributed by atoms with Crippen molar-refractivity contribution in [2.24, 2.45) is 0 Å². The molecule has 0 radical (unpaired) electrons. The normalized spacial score (nSPS) is 12.8. The molecular weight excluding hydrogens is 346 g/mol. The van der Waals surface area contributed by atoms with Gasteiger partial charge in [0.1, 0.15) is 5.75 Å². The van der Waals surface area contributed by atoms with Crippen LogP contribution in [0.15, 0.2) is 78.9 Å². The van der Waals surface area contributed by atoms with Crippen molar-refractivity contribution in [2.75, 3.05) is 0 Å². The smallest absolute Gasteiger partial charge is 0.261 e. The van der Waals surface area contributed by atoms with Crippen LogP contribution in [0.2, 0.25) is 0 Å². The summed E-state index contributed by atoms with van der Waals surface area (Å²) in [5.41, 5.74) is 4.38. The number of carbonyl (C=O) groups excluding carboxylic acids is 1. The van der Waals surface area contributed by atoms with Crippen LogP contribution in [-0.4, -0.2) is 12.0 Å². The van der Waals surface area contributed by atoms with Crippen molar-refractivity contribution in [3.63, 3.8) is 0 Å². The molecule has 3 aromatic rings. The van der Waals surface area contributed by atoms with Gasteiger partial charge in [-0.2, -0.15) is 0 Å². The number of rotatable bonds is 7. The van der Waals surface area contributed by atoms with Gasteiger partial charge < -0.3 is 10.1 Å². The van der Waals surface area contributed by atoms with E-state index in [2.05, 4.69) is 43.4 Å². The summed E-state index contributed by atoms with van der Waals surface area (Å²) >= 11 is 0. The quantitative estimate of drug-likeness (QED) is 0.616. The Hall–Kier alpha value is -3.07. The second-order valence-electron chi connectivity index (χ2n) is 6.98. The van der Waals surface area contributed by atoms with Crippen LogP contribution in [0.25, 0.3) is 0 Å². The zero-order valence-corrected chi connectivity index (χ0v) is 16.7. The molecule has 0 aliphatic rings. The maximum absolute atomic E-state index is 12.9. The van der Waals surface area contributed by atoms with E-state index in [1.54, 1.807) is 6.92 Å². The van der Waals surface area contributed by atoms with Crippen molar-refractivity contribution in [1.29, 1.82) is 0 Å². The summed E-state index contributed by atoms with van der Waals surface area (Å²) in [6.45, 7) is 5.93. The maximum atomic E-state index is 12.9. The highest BCUT2D eigenvalue weighted by Gasteiger charge is 2.22. The van der Waals surface area contributed by atoms with Gasteiger partial charge in [0.2, 0.25) is 0 Å². The number of para-hydroxylation sites is 1. The Balaban J connectivity index is 1.80. The van der Waals surface area contributed by atoms with Crippen LogP contribution in [0.4, 0.5) is 0 Å². The minimum Gasteiger partial charge on any atom is -0.481 e. The molecule has 0 fully saturated rings. The van der Waals surface area contributed by atoms with Gasteiger partial charge in [-0.1, -0.05) is 85.3 Å². The van der Waals surface area contributed by atoms with Crippen LogP contribution in [0.1, 0.15) is 42.1 Å². The van der Waals surface area contributed by atoms with Crippen LogP contribution in [0, 0.1) is 6.92 Å². The Kier molecular flexibility index (Phi) is 6.49. The summed E-state index contributed by atoms with van der Waals surface area (Å²) in [6.07, 6.45) is 0.268. The van der Waals surface area contributed by atoms with Gasteiger partial charge in [-0.05, 0) is 43.0 Å². The van der Waals surface area contributed by atoms with Crippen molar-refractivity contribution in [2.45, 2.75) is 39.3 Å². The number of nitrogens with one attached hydrogen (secondary N) is 1. The summed E-state index contributed by atoms with van der Waals surface area (Å²) in [6, 6.07) is 25.9.